The van der Waals surface area contributed by atoms with Gasteiger partial charge in [0.25, 0.3) is 0 Å². The minimum atomic E-state index is -0.819. The van der Waals surface area contributed by atoms with E-state index in [9.17, 15) is 9.59 Å². The lowest BCUT2D eigenvalue weighted by molar-refractivity contribution is -0.137. The summed E-state index contributed by atoms with van der Waals surface area (Å²) in [5.41, 5.74) is 4.69. The van der Waals surface area contributed by atoms with Crippen molar-refractivity contribution in [1.29, 1.82) is 0 Å². The van der Waals surface area contributed by atoms with Crippen LogP contribution in [0.1, 0.15) is 43.2 Å². The minimum Gasteiger partial charge on any atom is -0.481 e. The van der Waals surface area contributed by atoms with Crippen LogP contribution in [0.15, 0.2) is 48.5 Å². The molecule has 0 radical (unpaired) electrons. The van der Waals surface area contributed by atoms with Crippen molar-refractivity contribution in [3.05, 3.63) is 59.7 Å². The van der Waals surface area contributed by atoms with Gasteiger partial charge in [-0.15, -0.1) is 0 Å². The highest BCUT2D eigenvalue weighted by Crippen LogP contribution is 2.44. The van der Waals surface area contributed by atoms with Gasteiger partial charge in [0.1, 0.15) is 6.61 Å². The molecule has 2 aliphatic rings. The first-order valence-electron chi connectivity index (χ1n) is 10.6. The second-order valence-electron chi connectivity index (χ2n) is 8.00. The predicted octanol–water partition coefficient (Wildman–Crippen LogP) is 3.91. The van der Waals surface area contributed by atoms with Crippen LogP contribution in [0.5, 0.6) is 0 Å². The van der Waals surface area contributed by atoms with Gasteiger partial charge in [0, 0.05) is 12.3 Å². The Kier molecular flexibility index (Phi) is 6.53. The normalized spacial score (nSPS) is 20.7. The number of fused-ring (bicyclic) bond motifs is 3. The predicted molar refractivity (Wildman–Crippen MR) is 114 cm³/mol. The number of ether oxygens (including phenoxy) is 3. The van der Waals surface area contributed by atoms with E-state index in [1.54, 1.807) is 6.92 Å². The molecule has 4 rings (SSSR count). The smallest absolute Gasteiger partial charge is 0.407 e. The van der Waals surface area contributed by atoms with Crippen LogP contribution in [0.3, 0.4) is 0 Å². The molecule has 1 aliphatic heterocycles. The number of nitrogens with one attached hydrogen (secondary N) is 1. The van der Waals surface area contributed by atoms with Crippen molar-refractivity contribution >= 4 is 12.1 Å². The molecule has 0 saturated carbocycles. The molecule has 2 unspecified atom stereocenters. The Labute approximate surface area is 181 Å². The van der Waals surface area contributed by atoms with E-state index in [1.165, 1.54) is 11.1 Å². The summed E-state index contributed by atoms with van der Waals surface area (Å²) in [6, 6.07) is 16.0. The Morgan fingerprint density at radius 2 is 1.77 bits per heavy atom. The van der Waals surface area contributed by atoms with Crippen LogP contribution >= 0.6 is 0 Å². The summed E-state index contributed by atoms with van der Waals surface area (Å²) in [5, 5.41) is 11.5. The van der Waals surface area contributed by atoms with Crippen molar-refractivity contribution in [2.75, 3.05) is 13.2 Å². The molecule has 31 heavy (non-hydrogen) atoms. The molecule has 2 N–H and O–H groups in total. The third kappa shape index (κ3) is 4.89. The highest BCUT2D eigenvalue weighted by Gasteiger charge is 2.32. The van der Waals surface area contributed by atoms with Crippen LogP contribution in [-0.4, -0.2) is 48.8 Å². The first-order chi connectivity index (χ1) is 15.0. The molecule has 1 aliphatic carbocycles. The molecule has 0 bridgehead atoms. The Balaban J connectivity index is 1.28. The van der Waals surface area contributed by atoms with Crippen molar-refractivity contribution in [1.82, 2.24) is 5.32 Å². The Hall–Kier alpha value is -2.90. The molecule has 1 heterocycles. The number of carbonyl (C=O) groups is 2. The number of benzene rings is 2. The number of hydrogen-bond donors (Lipinski definition) is 2. The molecule has 0 aromatic heterocycles. The van der Waals surface area contributed by atoms with Gasteiger partial charge in [0.05, 0.1) is 18.8 Å². The van der Waals surface area contributed by atoms with Crippen molar-refractivity contribution in [3.8, 4) is 11.1 Å². The molecule has 2 aromatic rings. The van der Waals surface area contributed by atoms with Gasteiger partial charge < -0.3 is 24.6 Å². The summed E-state index contributed by atoms with van der Waals surface area (Å²) in [6.07, 6.45) is 0.00493. The molecule has 7 heteroatoms. The van der Waals surface area contributed by atoms with E-state index in [1.807, 2.05) is 24.3 Å². The van der Waals surface area contributed by atoms with E-state index in [2.05, 4.69) is 29.6 Å². The quantitative estimate of drug-likeness (QED) is 0.666. The molecular weight excluding hydrogens is 398 g/mol. The fourth-order valence-electron chi connectivity index (χ4n) is 4.26. The molecule has 1 amide bonds. The first kappa shape index (κ1) is 21.3. The van der Waals surface area contributed by atoms with E-state index in [0.717, 1.165) is 11.1 Å². The highest BCUT2D eigenvalue weighted by atomic mass is 16.7. The largest absolute Gasteiger partial charge is 0.481 e. The summed E-state index contributed by atoms with van der Waals surface area (Å²) in [7, 11) is 0. The topological polar surface area (TPSA) is 94.1 Å². The van der Waals surface area contributed by atoms with Crippen LogP contribution < -0.4 is 5.32 Å². The molecule has 1 saturated heterocycles. The molecule has 164 valence electrons. The highest BCUT2D eigenvalue weighted by molar-refractivity contribution is 5.79. The van der Waals surface area contributed by atoms with Gasteiger partial charge in [-0.2, -0.15) is 0 Å². The monoisotopic (exact) mass is 425 g/mol. The number of hydrogen-bond acceptors (Lipinski definition) is 5. The Bertz CT molecular complexity index is 900. The summed E-state index contributed by atoms with van der Waals surface area (Å²) in [6.45, 7) is 2.43. The molecule has 7 nitrogen and oxygen atoms in total. The molecule has 1 fully saturated rings. The number of rotatable bonds is 8. The lowest BCUT2D eigenvalue weighted by Crippen LogP contribution is -2.42. The van der Waals surface area contributed by atoms with Crippen molar-refractivity contribution in [2.24, 2.45) is 0 Å². The average molecular weight is 425 g/mol. The summed E-state index contributed by atoms with van der Waals surface area (Å²) < 4.78 is 17.0. The van der Waals surface area contributed by atoms with E-state index in [-0.39, 0.29) is 31.1 Å². The fourth-order valence-corrected chi connectivity index (χ4v) is 4.26. The minimum absolute atomic E-state index is 0.00560. The molecular formula is C24H27NO6. The number of aliphatic carboxylic acids is 1. The van der Waals surface area contributed by atoms with Crippen LogP contribution in [0.25, 0.3) is 11.1 Å². The zero-order valence-corrected chi connectivity index (χ0v) is 17.5. The number of alkyl carbamates (subject to hydrolysis) is 1. The van der Waals surface area contributed by atoms with Gasteiger partial charge in [0.15, 0.2) is 6.29 Å². The molecule has 3 atom stereocenters. The first-order valence-corrected chi connectivity index (χ1v) is 10.6. The maximum Gasteiger partial charge on any atom is 0.407 e. The third-order valence-electron chi connectivity index (χ3n) is 5.79. The van der Waals surface area contributed by atoms with Crippen LogP contribution in [-0.2, 0) is 19.0 Å². The van der Waals surface area contributed by atoms with Crippen LogP contribution in [0.4, 0.5) is 4.79 Å². The van der Waals surface area contributed by atoms with E-state index >= 15 is 0 Å². The number of carbonyl (C=O) groups excluding carboxylic acids is 1. The van der Waals surface area contributed by atoms with Gasteiger partial charge >= 0.3 is 12.1 Å². The van der Waals surface area contributed by atoms with E-state index in [4.69, 9.17) is 19.3 Å². The standard InChI is InChI=1S/C24H27NO6/c1-15(23-29-13-16(31-23)7-6-12-22(26)27)25-24(28)30-14-21-19-10-4-2-8-17(19)18-9-3-5-11-20(18)21/h2-5,8-11,15-16,21,23H,6-7,12-14H2,1H3,(H,25,28)(H,26,27)/t15-,16?,23?/m0/s1. The Morgan fingerprint density at radius 1 is 1.13 bits per heavy atom. The van der Waals surface area contributed by atoms with Crippen LogP contribution in [0.2, 0.25) is 0 Å². The third-order valence-corrected chi connectivity index (χ3v) is 5.79. The number of carboxylic acids is 1. The van der Waals surface area contributed by atoms with Gasteiger partial charge in [-0.1, -0.05) is 48.5 Å². The van der Waals surface area contributed by atoms with Gasteiger partial charge in [-0.3, -0.25) is 4.79 Å². The lowest BCUT2D eigenvalue weighted by Gasteiger charge is -2.21. The second kappa shape index (κ2) is 9.49. The van der Waals surface area contributed by atoms with Crippen molar-refractivity contribution < 1.29 is 28.9 Å². The van der Waals surface area contributed by atoms with Crippen molar-refractivity contribution in [3.63, 3.8) is 0 Å². The van der Waals surface area contributed by atoms with E-state index in [0.29, 0.717) is 19.4 Å². The second-order valence-corrected chi connectivity index (χ2v) is 8.00. The van der Waals surface area contributed by atoms with Gasteiger partial charge in [0.2, 0.25) is 0 Å². The average Bonchev–Trinajstić information content (AvgIpc) is 3.35. The summed E-state index contributed by atoms with van der Waals surface area (Å²) in [4.78, 5) is 23.0. The maximum absolute atomic E-state index is 12.4. The number of carboxylic acid groups (broad SMARTS) is 1. The number of amides is 1. The molecule has 2 aromatic carbocycles. The summed E-state index contributed by atoms with van der Waals surface area (Å²) in [5.74, 6) is -0.813. The fraction of sp³-hybridized carbons (Fsp3) is 0.417. The molecule has 0 spiro atoms. The van der Waals surface area contributed by atoms with Crippen molar-refractivity contribution in [2.45, 2.75) is 50.5 Å². The summed E-state index contributed by atoms with van der Waals surface area (Å²) >= 11 is 0. The van der Waals surface area contributed by atoms with Crippen LogP contribution in [0, 0.1) is 0 Å². The lowest BCUT2D eigenvalue weighted by atomic mass is 9.98. The maximum atomic E-state index is 12.4. The zero-order chi connectivity index (χ0) is 21.8. The van der Waals surface area contributed by atoms with Gasteiger partial charge in [-0.05, 0) is 42.0 Å². The van der Waals surface area contributed by atoms with E-state index < -0.39 is 18.4 Å². The SMILES string of the molecule is C[C@H](NC(=O)OCC1c2ccccc2-c2ccccc21)C1OCC(CCCC(=O)O)O1. The zero-order valence-electron chi connectivity index (χ0n) is 17.5. The Morgan fingerprint density at radius 3 is 2.42 bits per heavy atom. The van der Waals surface area contributed by atoms with Gasteiger partial charge in [-0.25, -0.2) is 4.79 Å².